The van der Waals surface area contributed by atoms with Crippen LogP contribution in [0.4, 0.5) is 0 Å². The molecule has 0 aliphatic heterocycles. The third-order valence-electron chi connectivity index (χ3n) is 0.649. The molecule has 0 saturated heterocycles. The van der Waals surface area contributed by atoms with Gasteiger partial charge < -0.3 is 5.11 Å². The Morgan fingerprint density at radius 2 is 2.00 bits per heavy atom. The summed E-state index contributed by atoms with van der Waals surface area (Å²) >= 11 is 4.50. The SMILES string of the molecule is Oc1ccccn1.[SeH][SeH]. The minimum absolute atomic E-state index is 0.0718. The number of hydrogen-bond acceptors (Lipinski definition) is 2. The van der Waals surface area contributed by atoms with Crippen LogP contribution in [-0.4, -0.2) is 38.5 Å². The van der Waals surface area contributed by atoms with E-state index in [0.717, 1.165) is 0 Å². The molecule has 1 heterocycles. The Labute approximate surface area is 68.9 Å². The second kappa shape index (κ2) is 6.11. The van der Waals surface area contributed by atoms with E-state index in [9.17, 15) is 0 Å². The molecule has 1 aromatic rings. The average Bonchev–Trinajstić information content (AvgIpc) is 1.94. The molecule has 0 fully saturated rings. The number of nitrogens with zero attached hydrogens (tertiary/aromatic N) is 1. The molecule has 1 N–H and O–H groups in total. The van der Waals surface area contributed by atoms with Crippen LogP contribution in [0.1, 0.15) is 0 Å². The Bertz CT molecular complexity index is 145. The van der Waals surface area contributed by atoms with Gasteiger partial charge in [-0.1, -0.05) is 6.07 Å². The van der Waals surface area contributed by atoms with Crippen molar-refractivity contribution in [2.45, 2.75) is 0 Å². The van der Waals surface area contributed by atoms with Crippen molar-refractivity contribution < 1.29 is 5.11 Å². The first-order chi connectivity index (χ1) is 4.39. The molecule has 0 radical (unpaired) electrons. The van der Waals surface area contributed by atoms with Gasteiger partial charge in [0.2, 0.25) is 5.88 Å². The molecule has 0 atom stereocenters. The zero-order valence-electron chi connectivity index (χ0n) is 4.60. The van der Waals surface area contributed by atoms with Gasteiger partial charge in [-0.15, -0.1) is 0 Å². The standard InChI is InChI=1S/C5H5NO.H2Se2/c7-5-3-1-2-4-6-5;1-2/h1-4H,(H,6,7);1-2H. The van der Waals surface area contributed by atoms with Crippen molar-refractivity contribution in [3.05, 3.63) is 24.4 Å². The molecule has 0 unspecified atom stereocenters. The van der Waals surface area contributed by atoms with Crippen molar-refractivity contribution in [3.8, 4) is 5.88 Å². The normalized spacial score (nSPS) is 7.33. The predicted molar refractivity (Wildman–Crippen MR) is 40.2 cm³/mol. The first-order valence-corrected chi connectivity index (χ1v) is 7.39. The van der Waals surface area contributed by atoms with Crippen molar-refractivity contribution in [1.82, 2.24) is 4.98 Å². The first kappa shape index (κ1) is 8.99. The summed E-state index contributed by atoms with van der Waals surface area (Å²) in [6, 6.07) is 5.00. The maximum absolute atomic E-state index is 8.52. The Morgan fingerprint density at radius 1 is 1.33 bits per heavy atom. The fraction of sp³-hybridized carbons (Fsp3) is 0. The summed E-state index contributed by atoms with van der Waals surface area (Å²) < 4.78 is 0. The van der Waals surface area contributed by atoms with Gasteiger partial charge in [0.05, 0.1) is 0 Å². The Morgan fingerprint density at radius 3 is 2.22 bits per heavy atom. The van der Waals surface area contributed by atoms with Crippen LogP contribution in [0, 0.1) is 0 Å². The molecule has 0 amide bonds. The van der Waals surface area contributed by atoms with E-state index in [1.54, 1.807) is 12.1 Å². The zero-order valence-corrected chi connectivity index (χ0v) is 8.35. The van der Waals surface area contributed by atoms with Crippen molar-refractivity contribution in [2.75, 3.05) is 0 Å². The number of aromatic hydroxyl groups is 1. The molecular formula is C5H7NOSe2. The van der Waals surface area contributed by atoms with E-state index in [1.807, 2.05) is 0 Å². The Balaban J connectivity index is 0.000000291. The minimum atomic E-state index is 0.0718. The van der Waals surface area contributed by atoms with Gasteiger partial charge in [0.1, 0.15) is 0 Å². The third kappa shape index (κ3) is 4.49. The van der Waals surface area contributed by atoms with Gasteiger partial charge in [-0.3, -0.25) is 0 Å². The average molecular weight is 255 g/mol. The fourth-order valence-corrected chi connectivity index (χ4v) is 0.354. The summed E-state index contributed by atoms with van der Waals surface area (Å²) in [5.74, 6) is 0.0718. The van der Waals surface area contributed by atoms with E-state index in [4.69, 9.17) is 5.11 Å². The molecular weight excluding hydrogens is 248 g/mol. The van der Waals surface area contributed by atoms with Gasteiger partial charge in [0.15, 0.2) is 0 Å². The fourth-order valence-electron chi connectivity index (χ4n) is 0.354. The van der Waals surface area contributed by atoms with Crippen LogP contribution in [-0.2, 0) is 0 Å². The summed E-state index contributed by atoms with van der Waals surface area (Å²) in [5.41, 5.74) is 0. The first-order valence-electron chi connectivity index (χ1n) is 2.19. The zero-order chi connectivity index (χ0) is 7.11. The Kier molecular flexibility index (Phi) is 6.11. The van der Waals surface area contributed by atoms with E-state index >= 15 is 0 Å². The van der Waals surface area contributed by atoms with Crippen molar-refractivity contribution in [1.29, 1.82) is 0 Å². The van der Waals surface area contributed by atoms with E-state index in [1.165, 1.54) is 12.3 Å². The summed E-state index contributed by atoms with van der Waals surface area (Å²) in [4.78, 5) is 3.53. The molecule has 1 rings (SSSR count). The molecule has 0 spiro atoms. The monoisotopic (exact) mass is 257 g/mol. The Hall–Kier alpha value is -0.0110. The predicted octanol–water partition coefficient (Wildman–Crippen LogP) is -0.510. The van der Waals surface area contributed by atoms with Gasteiger partial charge in [0, 0.05) is 12.3 Å². The third-order valence-corrected chi connectivity index (χ3v) is 0.649. The number of rotatable bonds is 0. The van der Waals surface area contributed by atoms with Crippen LogP contribution in [0.25, 0.3) is 0 Å². The second-order valence-corrected chi connectivity index (χ2v) is 1.19. The van der Waals surface area contributed by atoms with Crippen LogP contribution in [0.15, 0.2) is 24.4 Å². The molecule has 0 saturated carbocycles. The van der Waals surface area contributed by atoms with E-state index < -0.39 is 0 Å². The molecule has 50 valence electrons. The van der Waals surface area contributed by atoms with Crippen molar-refractivity contribution in [2.24, 2.45) is 0 Å². The number of hydrogen-bond donors (Lipinski definition) is 1. The molecule has 9 heavy (non-hydrogen) atoms. The van der Waals surface area contributed by atoms with Gasteiger partial charge in [0.25, 0.3) is 0 Å². The van der Waals surface area contributed by atoms with Gasteiger partial charge in [-0.2, -0.15) is 0 Å². The summed E-state index contributed by atoms with van der Waals surface area (Å²) in [6.45, 7) is 0. The van der Waals surface area contributed by atoms with E-state index in [0.29, 0.717) is 0 Å². The maximum atomic E-state index is 8.52. The number of pyridine rings is 1. The van der Waals surface area contributed by atoms with Crippen LogP contribution in [0.3, 0.4) is 0 Å². The van der Waals surface area contributed by atoms with Crippen LogP contribution < -0.4 is 0 Å². The van der Waals surface area contributed by atoms with Crippen molar-refractivity contribution >= 4 is 28.4 Å². The van der Waals surface area contributed by atoms with Gasteiger partial charge >= 0.3 is 28.4 Å². The van der Waals surface area contributed by atoms with E-state index in [-0.39, 0.29) is 5.88 Å². The second-order valence-electron chi connectivity index (χ2n) is 1.19. The van der Waals surface area contributed by atoms with Crippen LogP contribution in [0.5, 0.6) is 5.88 Å². The molecule has 4 heteroatoms. The molecule has 0 aliphatic rings. The topological polar surface area (TPSA) is 33.1 Å². The van der Waals surface area contributed by atoms with Gasteiger partial charge in [-0.05, 0) is 6.07 Å². The molecule has 0 aromatic carbocycles. The summed E-state index contributed by atoms with van der Waals surface area (Å²) in [5, 5.41) is 8.52. The van der Waals surface area contributed by atoms with Crippen LogP contribution >= 0.6 is 0 Å². The molecule has 2 nitrogen and oxygen atoms in total. The van der Waals surface area contributed by atoms with Crippen molar-refractivity contribution in [3.63, 3.8) is 0 Å². The molecule has 0 aliphatic carbocycles. The van der Waals surface area contributed by atoms with Gasteiger partial charge in [-0.25, -0.2) is 4.98 Å². The number of aromatic nitrogens is 1. The summed E-state index contributed by atoms with van der Waals surface area (Å²) in [7, 11) is 0. The van der Waals surface area contributed by atoms with E-state index in [2.05, 4.69) is 33.4 Å². The quantitative estimate of drug-likeness (QED) is 0.633. The molecule has 0 bridgehead atoms. The summed E-state index contributed by atoms with van der Waals surface area (Å²) in [6.07, 6.45) is 1.54. The molecule has 1 aromatic heterocycles. The van der Waals surface area contributed by atoms with Crippen LogP contribution in [0.2, 0.25) is 0 Å².